The third-order valence-corrected chi connectivity index (χ3v) is 3.89. The van der Waals surface area contributed by atoms with Gasteiger partial charge in [-0.2, -0.15) is 0 Å². The first-order valence-electron chi connectivity index (χ1n) is 8.31. The fourth-order valence-corrected chi connectivity index (χ4v) is 2.46. The summed E-state index contributed by atoms with van der Waals surface area (Å²) >= 11 is 0. The van der Waals surface area contributed by atoms with E-state index in [-0.39, 0.29) is 11.7 Å². The average Bonchev–Trinajstić information content (AvgIpc) is 2.68. The SMILES string of the molecule is CC(=O)c1ccc(NC(=O)c2cccc(OCc3ccccc3)c2)cc1. The van der Waals surface area contributed by atoms with Gasteiger partial charge < -0.3 is 10.1 Å². The van der Waals surface area contributed by atoms with Gasteiger partial charge in [0.2, 0.25) is 0 Å². The fraction of sp³-hybridized carbons (Fsp3) is 0.0909. The number of benzene rings is 3. The van der Waals surface area contributed by atoms with Gasteiger partial charge in [-0.3, -0.25) is 9.59 Å². The number of rotatable bonds is 6. The molecule has 1 amide bonds. The van der Waals surface area contributed by atoms with Gasteiger partial charge in [0, 0.05) is 16.8 Å². The molecule has 26 heavy (non-hydrogen) atoms. The zero-order valence-electron chi connectivity index (χ0n) is 14.4. The minimum absolute atomic E-state index is 0.00820. The Kier molecular flexibility index (Phi) is 5.44. The number of anilines is 1. The van der Waals surface area contributed by atoms with E-state index in [1.807, 2.05) is 36.4 Å². The minimum Gasteiger partial charge on any atom is -0.489 e. The molecule has 0 atom stereocenters. The Hall–Kier alpha value is -3.40. The number of hydrogen-bond donors (Lipinski definition) is 1. The number of carbonyl (C=O) groups is 2. The van der Waals surface area contributed by atoms with E-state index in [4.69, 9.17) is 4.74 Å². The summed E-state index contributed by atoms with van der Waals surface area (Å²) in [5.41, 5.74) is 2.81. The number of Topliss-reactive ketones (excluding diaryl/α,β-unsaturated/α-hetero) is 1. The van der Waals surface area contributed by atoms with Crippen molar-refractivity contribution in [3.05, 3.63) is 95.6 Å². The first-order chi connectivity index (χ1) is 12.6. The molecule has 0 spiro atoms. The van der Waals surface area contributed by atoms with Crippen LogP contribution in [0.5, 0.6) is 5.75 Å². The highest BCUT2D eigenvalue weighted by atomic mass is 16.5. The standard InChI is InChI=1S/C22H19NO3/c1-16(24)18-10-12-20(13-11-18)23-22(25)19-8-5-9-21(14-19)26-15-17-6-3-2-4-7-17/h2-14H,15H2,1H3,(H,23,25). The van der Waals surface area contributed by atoms with E-state index in [0.29, 0.717) is 29.2 Å². The second-order valence-corrected chi connectivity index (χ2v) is 5.89. The Morgan fingerprint density at radius 3 is 2.27 bits per heavy atom. The molecule has 0 saturated carbocycles. The van der Waals surface area contributed by atoms with Gasteiger partial charge >= 0.3 is 0 Å². The zero-order valence-corrected chi connectivity index (χ0v) is 14.4. The molecule has 0 radical (unpaired) electrons. The molecular weight excluding hydrogens is 326 g/mol. The van der Waals surface area contributed by atoms with Gasteiger partial charge in [0.25, 0.3) is 5.91 Å². The molecule has 4 heteroatoms. The molecule has 0 aliphatic carbocycles. The summed E-state index contributed by atoms with van der Waals surface area (Å²) in [7, 11) is 0. The molecule has 0 aromatic heterocycles. The van der Waals surface area contributed by atoms with Crippen LogP contribution in [-0.2, 0) is 6.61 Å². The predicted molar refractivity (Wildman–Crippen MR) is 102 cm³/mol. The lowest BCUT2D eigenvalue weighted by molar-refractivity contribution is 0.101. The molecule has 0 aliphatic rings. The molecule has 0 fully saturated rings. The van der Waals surface area contributed by atoms with E-state index in [0.717, 1.165) is 5.56 Å². The largest absolute Gasteiger partial charge is 0.489 e. The molecule has 130 valence electrons. The molecule has 0 saturated heterocycles. The molecule has 0 heterocycles. The van der Waals surface area contributed by atoms with Gasteiger partial charge in [-0.05, 0) is 55.0 Å². The summed E-state index contributed by atoms with van der Waals surface area (Å²) < 4.78 is 5.76. The Bertz CT molecular complexity index is 902. The van der Waals surface area contributed by atoms with Gasteiger partial charge in [-0.1, -0.05) is 36.4 Å². The minimum atomic E-state index is -0.231. The maximum Gasteiger partial charge on any atom is 0.255 e. The summed E-state index contributed by atoms with van der Waals surface area (Å²) in [4.78, 5) is 23.7. The van der Waals surface area contributed by atoms with Crippen LogP contribution in [0.25, 0.3) is 0 Å². The van der Waals surface area contributed by atoms with Crippen molar-refractivity contribution in [3.8, 4) is 5.75 Å². The van der Waals surface area contributed by atoms with Gasteiger partial charge in [-0.15, -0.1) is 0 Å². The summed E-state index contributed by atoms with van der Waals surface area (Å²) in [5, 5.41) is 2.82. The van der Waals surface area contributed by atoms with E-state index in [9.17, 15) is 9.59 Å². The maximum atomic E-state index is 12.4. The first-order valence-corrected chi connectivity index (χ1v) is 8.31. The molecule has 0 aliphatic heterocycles. The van der Waals surface area contributed by atoms with E-state index in [1.165, 1.54) is 6.92 Å². The van der Waals surface area contributed by atoms with Crippen LogP contribution in [0.15, 0.2) is 78.9 Å². The highest BCUT2D eigenvalue weighted by molar-refractivity contribution is 6.04. The molecule has 3 rings (SSSR count). The van der Waals surface area contributed by atoms with Crippen molar-refractivity contribution >= 4 is 17.4 Å². The number of nitrogens with one attached hydrogen (secondary N) is 1. The Balaban J connectivity index is 1.65. The van der Waals surface area contributed by atoms with Gasteiger partial charge in [-0.25, -0.2) is 0 Å². The monoisotopic (exact) mass is 345 g/mol. The van der Waals surface area contributed by atoms with Crippen LogP contribution in [0, 0.1) is 0 Å². The smallest absolute Gasteiger partial charge is 0.255 e. The molecule has 0 bridgehead atoms. The Morgan fingerprint density at radius 2 is 1.58 bits per heavy atom. The number of ketones is 1. The molecule has 1 N–H and O–H groups in total. The van der Waals surface area contributed by atoms with Crippen LogP contribution >= 0.6 is 0 Å². The lowest BCUT2D eigenvalue weighted by Gasteiger charge is -2.09. The third-order valence-electron chi connectivity index (χ3n) is 3.89. The van der Waals surface area contributed by atoms with Gasteiger partial charge in [0.1, 0.15) is 12.4 Å². The maximum absolute atomic E-state index is 12.4. The molecular formula is C22H19NO3. The van der Waals surface area contributed by atoms with Crippen LogP contribution in [0.1, 0.15) is 33.2 Å². The average molecular weight is 345 g/mol. The molecule has 4 nitrogen and oxygen atoms in total. The lowest BCUT2D eigenvalue weighted by atomic mass is 10.1. The van der Waals surface area contributed by atoms with Crippen LogP contribution in [0.4, 0.5) is 5.69 Å². The Labute approximate surface area is 152 Å². The third kappa shape index (κ3) is 4.57. The lowest BCUT2D eigenvalue weighted by Crippen LogP contribution is -2.12. The normalized spacial score (nSPS) is 10.2. The van der Waals surface area contributed by atoms with Gasteiger partial charge in [0.05, 0.1) is 0 Å². The van der Waals surface area contributed by atoms with Crippen molar-refractivity contribution in [2.75, 3.05) is 5.32 Å². The zero-order chi connectivity index (χ0) is 18.4. The van der Waals surface area contributed by atoms with E-state index >= 15 is 0 Å². The predicted octanol–water partition coefficient (Wildman–Crippen LogP) is 4.72. The fourth-order valence-electron chi connectivity index (χ4n) is 2.46. The van der Waals surface area contributed by atoms with Crippen molar-refractivity contribution in [1.29, 1.82) is 0 Å². The van der Waals surface area contributed by atoms with Crippen molar-refractivity contribution in [3.63, 3.8) is 0 Å². The summed E-state index contributed by atoms with van der Waals surface area (Å²) in [5.74, 6) is 0.394. The number of hydrogen-bond acceptors (Lipinski definition) is 3. The number of carbonyl (C=O) groups excluding carboxylic acids is 2. The van der Waals surface area contributed by atoms with Crippen LogP contribution in [0.2, 0.25) is 0 Å². The van der Waals surface area contributed by atoms with Crippen LogP contribution in [0.3, 0.4) is 0 Å². The quantitative estimate of drug-likeness (QED) is 0.658. The highest BCUT2D eigenvalue weighted by Gasteiger charge is 2.08. The van der Waals surface area contributed by atoms with Crippen molar-refractivity contribution in [1.82, 2.24) is 0 Å². The van der Waals surface area contributed by atoms with Crippen molar-refractivity contribution < 1.29 is 14.3 Å². The highest BCUT2D eigenvalue weighted by Crippen LogP contribution is 2.17. The van der Waals surface area contributed by atoms with Gasteiger partial charge in [0.15, 0.2) is 5.78 Å². The number of ether oxygens (including phenoxy) is 1. The summed E-state index contributed by atoms with van der Waals surface area (Å²) in [6.07, 6.45) is 0. The summed E-state index contributed by atoms with van der Waals surface area (Å²) in [6.45, 7) is 1.95. The summed E-state index contributed by atoms with van der Waals surface area (Å²) in [6, 6.07) is 23.7. The molecule has 3 aromatic carbocycles. The second kappa shape index (κ2) is 8.12. The topological polar surface area (TPSA) is 55.4 Å². The second-order valence-electron chi connectivity index (χ2n) is 5.89. The van der Waals surface area contributed by atoms with Crippen molar-refractivity contribution in [2.45, 2.75) is 13.5 Å². The van der Waals surface area contributed by atoms with E-state index in [1.54, 1.807) is 42.5 Å². The van der Waals surface area contributed by atoms with Crippen molar-refractivity contribution in [2.24, 2.45) is 0 Å². The molecule has 0 unspecified atom stereocenters. The number of amides is 1. The first kappa shape index (κ1) is 17.4. The van der Waals surface area contributed by atoms with E-state index in [2.05, 4.69) is 5.32 Å². The Morgan fingerprint density at radius 1 is 0.846 bits per heavy atom. The molecule has 3 aromatic rings. The van der Waals surface area contributed by atoms with Crippen LogP contribution < -0.4 is 10.1 Å². The van der Waals surface area contributed by atoms with E-state index < -0.39 is 0 Å². The van der Waals surface area contributed by atoms with Crippen LogP contribution in [-0.4, -0.2) is 11.7 Å².